The normalized spacial score (nSPS) is 17.1. The molecular formula is C17H27NO4S. The molecule has 1 saturated carbocycles. The number of methoxy groups -OCH3 is 2. The lowest BCUT2D eigenvalue weighted by Gasteiger charge is -2.41. The molecule has 0 aliphatic heterocycles. The van der Waals surface area contributed by atoms with Crippen LogP contribution in [0.25, 0.3) is 0 Å². The predicted octanol–water partition coefficient (Wildman–Crippen LogP) is 2.97. The van der Waals surface area contributed by atoms with Gasteiger partial charge in [0, 0.05) is 7.11 Å². The molecule has 0 aromatic heterocycles. The van der Waals surface area contributed by atoms with E-state index in [1.807, 2.05) is 13.8 Å². The molecule has 0 bridgehead atoms. The largest absolute Gasteiger partial charge is 0.496 e. The van der Waals surface area contributed by atoms with E-state index in [0.717, 1.165) is 30.6 Å². The summed E-state index contributed by atoms with van der Waals surface area (Å²) >= 11 is 0. The molecule has 0 unspecified atom stereocenters. The highest BCUT2D eigenvalue weighted by atomic mass is 32.2. The van der Waals surface area contributed by atoms with Crippen molar-refractivity contribution in [3.8, 4) is 5.75 Å². The fourth-order valence-corrected chi connectivity index (χ4v) is 4.80. The molecule has 1 fully saturated rings. The van der Waals surface area contributed by atoms with E-state index in [2.05, 4.69) is 4.72 Å². The van der Waals surface area contributed by atoms with Crippen LogP contribution in [0.4, 0.5) is 0 Å². The van der Waals surface area contributed by atoms with Crippen LogP contribution >= 0.6 is 0 Å². The zero-order chi connectivity index (χ0) is 17.3. The summed E-state index contributed by atoms with van der Waals surface area (Å²) in [5.41, 5.74) is 1.12. The molecule has 1 aromatic rings. The summed E-state index contributed by atoms with van der Waals surface area (Å²) in [6.45, 7) is 6.24. The molecule has 1 N–H and O–H groups in total. The van der Waals surface area contributed by atoms with Crippen LogP contribution in [-0.2, 0) is 14.8 Å². The Kier molecular flexibility index (Phi) is 5.38. The van der Waals surface area contributed by atoms with Crippen LogP contribution in [0.3, 0.4) is 0 Å². The Bertz CT molecular complexity index is 663. The molecule has 0 spiro atoms. The average molecular weight is 341 g/mol. The second-order valence-electron chi connectivity index (χ2n) is 6.69. The fourth-order valence-electron chi connectivity index (χ4n) is 3.09. The van der Waals surface area contributed by atoms with Crippen LogP contribution in [0.2, 0.25) is 0 Å². The number of hydrogen-bond donors (Lipinski definition) is 1. The van der Waals surface area contributed by atoms with Gasteiger partial charge in [0.15, 0.2) is 0 Å². The van der Waals surface area contributed by atoms with Crippen LogP contribution in [0.5, 0.6) is 5.75 Å². The maximum absolute atomic E-state index is 12.9. The zero-order valence-corrected chi connectivity index (χ0v) is 15.4. The van der Waals surface area contributed by atoms with Crippen molar-refractivity contribution in [1.82, 2.24) is 4.72 Å². The lowest BCUT2D eigenvalue weighted by molar-refractivity contribution is 0.0729. The second kappa shape index (κ2) is 6.79. The summed E-state index contributed by atoms with van der Waals surface area (Å²) in [5.74, 6) is 0.905. The molecular weight excluding hydrogens is 314 g/mol. The first-order valence-electron chi connectivity index (χ1n) is 7.96. The Hall–Kier alpha value is -1.11. The van der Waals surface area contributed by atoms with Gasteiger partial charge in [-0.15, -0.1) is 0 Å². The molecule has 23 heavy (non-hydrogen) atoms. The Morgan fingerprint density at radius 3 is 2.35 bits per heavy atom. The van der Waals surface area contributed by atoms with E-state index in [1.54, 1.807) is 33.3 Å². The van der Waals surface area contributed by atoms with Crippen molar-refractivity contribution in [3.63, 3.8) is 0 Å². The van der Waals surface area contributed by atoms with Crippen molar-refractivity contribution in [3.05, 3.63) is 23.3 Å². The molecule has 0 heterocycles. The second-order valence-corrected chi connectivity index (χ2v) is 8.34. The maximum Gasteiger partial charge on any atom is 0.241 e. The van der Waals surface area contributed by atoms with Crippen molar-refractivity contribution in [2.75, 3.05) is 20.8 Å². The first-order valence-corrected chi connectivity index (χ1v) is 9.44. The molecule has 1 aliphatic rings. The highest BCUT2D eigenvalue weighted by molar-refractivity contribution is 7.89. The van der Waals surface area contributed by atoms with Gasteiger partial charge in [0.1, 0.15) is 5.75 Å². The summed E-state index contributed by atoms with van der Waals surface area (Å²) in [4.78, 5) is 0.323. The van der Waals surface area contributed by atoms with E-state index < -0.39 is 15.6 Å². The van der Waals surface area contributed by atoms with Gasteiger partial charge in [-0.25, -0.2) is 13.1 Å². The summed E-state index contributed by atoms with van der Waals surface area (Å²) in [5, 5.41) is 0. The monoisotopic (exact) mass is 341 g/mol. The van der Waals surface area contributed by atoms with E-state index >= 15 is 0 Å². The molecule has 0 atom stereocenters. The number of benzene rings is 1. The zero-order valence-electron chi connectivity index (χ0n) is 14.6. The number of sulfonamides is 1. The van der Waals surface area contributed by atoms with Crippen molar-refractivity contribution in [2.45, 2.75) is 56.4 Å². The summed E-state index contributed by atoms with van der Waals surface area (Å²) in [6.07, 6.45) is 2.64. The van der Waals surface area contributed by atoms with Gasteiger partial charge in [-0.1, -0.05) is 13.8 Å². The first kappa shape index (κ1) is 18.2. The third-order valence-corrected chi connectivity index (χ3v) is 6.24. The Morgan fingerprint density at radius 1 is 1.26 bits per heavy atom. The average Bonchev–Trinajstić information content (AvgIpc) is 2.43. The molecule has 0 saturated heterocycles. The quantitative estimate of drug-likeness (QED) is 0.828. The molecule has 1 aliphatic carbocycles. The fraction of sp³-hybridized carbons (Fsp3) is 0.647. The lowest BCUT2D eigenvalue weighted by atomic mass is 9.78. The molecule has 5 nitrogen and oxygen atoms in total. The number of aryl methyl sites for hydroxylation is 1. The third-order valence-electron chi connectivity index (χ3n) is 4.52. The molecule has 130 valence electrons. The summed E-state index contributed by atoms with van der Waals surface area (Å²) < 4.78 is 39.3. The number of ether oxygens (including phenoxy) is 2. The number of rotatable bonds is 7. The lowest BCUT2D eigenvalue weighted by Crippen LogP contribution is -2.56. The van der Waals surface area contributed by atoms with Gasteiger partial charge in [0.05, 0.1) is 24.2 Å². The van der Waals surface area contributed by atoms with E-state index in [1.165, 1.54) is 0 Å². The summed E-state index contributed by atoms with van der Waals surface area (Å²) in [7, 11) is -0.391. The minimum Gasteiger partial charge on any atom is -0.496 e. The number of nitrogens with one attached hydrogen (secondary N) is 1. The van der Waals surface area contributed by atoms with Gasteiger partial charge < -0.3 is 9.47 Å². The molecule has 2 rings (SSSR count). The molecule has 6 heteroatoms. The summed E-state index contributed by atoms with van der Waals surface area (Å²) in [6, 6.07) is 3.54. The smallest absolute Gasteiger partial charge is 0.241 e. The topological polar surface area (TPSA) is 64.6 Å². The minimum absolute atomic E-state index is 0.177. The third kappa shape index (κ3) is 3.70. The van der Waals surface area contributed by atoms with Crippen molar-refractivity contribution >= 4 is 10.0 Å². The number of hydrogen-bond acceptors (Lipinski definition) is 4. The van der Waals surface area contributed by atoms with Gasteiger partial charge in [0.2, 0.25) is 10.0 Å². The minimum atomic E-state index is -3.60. The Balaban J connectivity index is 2.41. The van der Waals surface area contributed by atoms with Crippen LogP contribution < -0.4 is 9.46 Å². The van der Waals surface area contributed by atoms with Gasteiger partial charge in [-0.05, 0) is 55.4 Å². The van der Waals surface area contributed by atoms with E-state index in [0.29, 0.717) is 17.1 Å². The maximum atomic E-state index is 12.9. The van der Waals surface area contributed by atoms with Crippen molar-refractivity contribution in [2.24, 2.45) is 0 Å². The van der Waals surface area contributed by atoms with E-state index in [4.69, 9.17) is 9.47 Å². The van der Waals surface area contributed by atoms with Crippen molar-refractivity contribution in [1.29, 1.82) is 0 Å². The van der Waals surface area contributed by atoms with Gasteiger partial charge in [-0.2, -0.15) is 0 Å². The van der Waals surface area contributed by atoms with E-state index in [-0.39, 0.29) is 5.92 Å². The predicted molar refractivity (Wildman–Crippen MR) is 90.6 cm³/mol. The highest BCUT2D eigenvalue weighted by Crippen LogP contribution is 2.36. The Labute approximate surface area is 139 Å². The van der Waals surface area contributed by atoms with Gasteiger partial charge in [0.25, 0.3) is 0 Å². The SMILES string of the molecule is COCC1(NS(=O)(=O)c2cc(C(C)C)c(OC)cc2C)CCC1. The van der Waals surface area contributed by atoms with E-state index in [9.17, 15) is 8.42 Å². The molecule has 0 amide bonds. The van der Waals surface area contributed by atoms with Crippen LogP contribution in [0.1, 0.15) is 50.2 Å². The highest BCUT2D eigenvalue weighted by Gasteiger charge is 2.41. The van der Waals surface area contributed by atoms with Crippen molar-refractivity contribution < 1.29 is 17.9 Å². The van der Waals surface area contributed by atoms with Crippen LogP contribution in [0.15, 0.2) is 17.0 Å². The molecule has 0 radical (unpaired) electrons. The van der Waals surface area contributed by atoms with Gasteiger partial charge in [-0.3, -0.25) is 0 Å². The Morgan fingerprint density at radius 2 is 1.91 bits per heavy atom. The van der Waals surface area contributed by atoms with Crippen LogP contribution in [-0.4, -0.2) is 34.8 Å². The van der Waals surface area contributed by atoms with Gasteiger partial charge >= 0.3 is 0 Å². The molecule has 1 aromatic carbocycles. The first-order chi connectivity index (χ1) is 10.7. The standard InChI is InChI=1S/C17H27NO4S/c1-12(2)14-10-16(13(3)9-15(14)22-5)23(19,20)18-17(11-21-4)7-6-8-17/h9-10,12,18H,6-8,11H2,1-5H3. The van der Waals surface area contributed by atoms with Crippen LogP contribution in [0, 0.1) is 6.92 Å².